The minimum absolute atomic E-state index is 0.0265. The van der Waals surface area contributed by atoms with Crippen molar-refractivity contribution in [3.63, 3.8) is 0 Å². The first-order valence-electron chi connectivity index (χ1n) is 9.53. The summed E-state index contributed by atoms with van der Waals surface area (Å²) in [4.78, 5) is 17.8. The van der Waals surface area contributed by atoms with Crippen molar-refractivity contribution < 1.29 is 14.3 Å². The predicted molar refractivity (Wildman–Crippen MR) is 110 cm³/mol. The molecular weight excluding hydrogens is 378 g/mol. The Morgan fingerprint density at radius 3 is 2.75 bits per heavy atom. The molecule has 1 N–H and O–H groups in total. The fraction of sp³-hybridized carbons (Fsp3) is 0.429. The van der Waals surface area contributed by atoms with Gasteiger partial charge in [0.2, 0.25) is 5.91 Å². The molecule has 1 aliphatic rings. The molecule has 3 rings (SSSR count). The second-order valence-corrected chi connectivity index (χ2v) is 7.28. The molecule has 1 saturated heterocycles. The molecule has 2 heterocycles. The molecule has 0 radical (unpaired) electrons. The second kappa shape index (κ2) is 9.15. The molecule has 0 aliphatic carbocycles. The van der Waals surface area contributed by atoms with E-state index in [1.807, 2.05) is 38.1 Å². The Kier molecular flexibility index (Phi) is 6.62. The van der Waals surface area contributed by atoms with Crippen LogP contribution in [-0.4, -0.2) is 36.7 Å². The molecule has 0 bridgehead atoms. The third-order valence-corrected chi connectivity index (χ3v) is 4.93. The average Bonchev–Trinajstić information content (AvgIpc) is 3.10. The lowest BCUT2D eigenvalue weighted by Crippen LogP contribution is -2.25. The topological polar surface area (TPSA) is 63.7 Å². The molecule has 150 valence electrons. The molecule has 1 aromatic carbocycles. The number of carbonyl (C=O) groups is 1. The van der Waals surface area contributed by atoms with Crippen molar-refractivity contribution in [1.29, 1.82) is 0 Å². The Hall–Kier alpha value is -2.47. The number of benzene rings is 1. The fourth-order valence-corrected chi connectivity index (χ4v) is 3.60. The maximum atomic E-state index is 11.2. The van der Waals surface area contributed by atoms with Gasteiger partial charge < -0.3 is 19.7 Å². The minimum Gasteiger partial charge on any atom is -0.492 e. The number of hydrogen-bond donors (Lipinski definition) is 1. The van der Waals surface area contributed by atoms with Crippen molar-refractivity contribution >= 4 is 23.3 Å². The number of rotatable bonds is 7. The van der Waals surface area contributed by atoms with Crippen LogP contribution >= 0.6 is 11.6 Å². The SMILES string of the molecule is CCOc1cnc(N2CCC(Oc3ccc([C@H](C)NC(C)=O)cc3)C2)c(Cl)c1. The van der Waals surface area contributed by atoms with E-state index in [4.69, 9.17) is 21.1 Å². The maximum Gasteiger partial charge on any atom is 0.217 e. The van der Waals surface area contributed by atoms with E-state index in [1.54, 1.807) is 12.3 Å². The van der Waals surface area contributed by atoms with Gasteiger partial charge in [-0.1, -0.05) is 23.7 Å². The molecule has 1 unspecified atom stereocenters. The van der Waals surface area contributed by atoms with Gasteiger partial charge in [-0.15, -0.1) is 0 Å². The molecule has 0 saturated carbocycles. The van der Waals surface area contributed by atoms with Gasteiger partial charge in [-0.05, 0) is 31.5 Å². The number of ether oxygens (including phenoxy) is 2. The number of hydrogen-bond acceptors (Lipinski definition) is 5. The van der Waals surface area contributed by atoms with E-state index in [0.717, 1.165) is 36.6 Å². The second-order valence-electron chi connectivity index (χ2n) is 6.88. The van der Waals surface area contributed by atoms with E-state index in [-0.39, 0.29) is 18.1 Å². The van der Waals surface area contributed by atoms with Crippen molar-refractivity contribution in [3.05, 3.63) is 47.1 Å². The van der Waals surface area contributed by atoms with Gasteiger partial charge in [0, 0.05) is 26.0 Å². The number of anilines is 1. The van der Waals surface area contributed by atoms with E-state index < -0.39 is 0 Å². The lowest BCUT2D eigenvalue weighted by atomic mass is 10.1. The summed E-state index contributed by atoms with van der Waals surface area (Å²) in [5.74, 6) is 2.21. The van der Waals surface area contributed by atoms with Crippen LogP contribution in [0.5, 0.6) is 11.5 Å². The van der Waals surface area contributed by atoms with Gasteiger partial charge in [0.1, 0.15) is 23.4 Å². The third-order valence-electron chi connectivity index (χ3n) is 4.65. The molecule has 0 spiro atoms. The van der Waals surface area contributed by atoms with Crippen molar-refractivity contribution in [2.75, 3.05) is 24.6 Å². The van der Waals surface area contributed by atoms with Crippen LogP contribution < -0.4 is 19.7 Å². The molecule has 2 atom stereocenters. The Morgan fingerprint density at radius 1 is 1.36 bits per heavy atom. The van der Waals surface area contributed by atoms with Crippen molar-refractivity contribution in [2.45, 2.75) is 39.3 Å². The zero-order chi connectivity index (χ0) is 20.1. The van der Waals surface area contributed by atoms with Gasteiger partial charge in [0.25, 0.3) is 0 Å². The zero-order valence-electron chi connectivity index (χ0n) is 16.4. The largest absolute Gasteiger partial charge is 0.492 e. The highest BCUT2D eigenvalue weighted by Crippen LogP contribution is 2.30. The first-order chi connectivity index (χ1) is 13.5. The monoisotopic (exact) mass is 403 g/mol. The summed E-state index contributed by atoms with van der Waals surface area (Å²) in [7, 11) is 0. The summed E-state index contributed by atoms with van der Waals surface area (Å²) in [5, 5.41) is 3.46. The number of pyridine rings is 1. The number of amides is 1. The Labute approximate surface area is 170 Å². The van der Waals surface area contributed by atoms with Gasteiger partial charge in [-0.2, -0.15) is 0 Å². The molecule has 6 nitrogen and oxygen atoms in total. The lowest BCUT2D eigenvalue weighted by molar-refractivity contribution is -0.119. The van der Waals surface area contributed by atoms with Crippen LogP contribution in [0, 0.1) is 0 Å². The molecule has 7 heteroatoms. The Morgan fingerprint density at radius 2 is 2.11 bits per heavy atom. The van der Waals surface area contributed by atoms with Crippen molar-refractivity contribution in [3.8, 4) is 11.5 Å². The molecule has 1 fully saturated rings. The highest BCUT2D eigenvalue weighted by atomic mass is 35.5. The summed E-state index contributed by atoms with van der Waals surface area (Å²) in [6.07, 6.45) is 2.67. The summed E-state index contributed by atoms with van der Waals surface area (Å²) < 4.78 is 11.6. The lowest BCUT2D eigenvalue weighted by Gasteiger charge is -2.20. The molecule has 1 aliphatic heterocycles. The molecule has 1 aromatic heterocycles. The molecule has 2 aromatic rings. The Bertz CT molecular complexity index is 813. The summed E-state index contributed by atoms with van der Waals surface area (Å²) in [6.45, 7) is 7.55. The van der Waals surface area contributed by atoms with E-state index in [9.17, 15) is 4.79 Å². The summed E-state index contributed by atoms with van der Waals surface area (Å²) in [5.41, 5.74) is 1.04. The quantitative estimate of drug-likeness (QED) is 0.757. The van der Waals surface area contributed by atoms with Crippen LogP contribution in [0.4, 0.5) is 5.82 Å². The van der Waals surface area contributed by atoms with Crippen LogP contribution in [0.15, 0.2) is 36.5 Å². The van der Waals surface area contributed by atoms with E-state index in [0.29, 0.717) is 17.4 Å². The van der Waals surface area contributed by atoms with Crippen LogP contribution in [-0.2, 0) is 4.79 Å². The first kappa shape index (κ1) is 20.3. The summed E-state index contributed by atoms with van der Waals surface area (Å²) in [6, 6.07) is 9.62. The highest BCUT2D eigenvalue weighted by Gasteiger charge is 2.26. The van der Waals surface area contributed by atoms with Gasteiger partial charge in [-0.3, -0.25) is 4.79 Å². The zero-order valence-corrected chi connectivity index (χ0v) is 17.2. The van der Waals surface area contributed by atoms with Crippen LogP contribution in [0.2, 0.25) is 5.02 Å². The fourth-order valence-electron chi connectivity index (χ4n) is 3.32. The van der Waals surface area contributed by atoms with Crippen LogP contribution in [0.1, 0.15) is 38.8 Å². The number of carbonyl (C=O) groups excluding carboxylic acids is 1. The van der Waals surface area contributed by atoms with Gasteiger partial charge in [0.05, 0.1) is 30.4 Å². The van der Waals surface area contributed by atoms with E-state index >= 15 is 0 Å². The Balaban J connectivity index is 1.58. The predicted octanol–water partition coefficient (Wildman–Crippen LogP) is 3.99. The smallest absolute Gasteiger partial charge is 0.217 e. The average molecular weight is 404 g/mol. The molecule has 1 amide bonds. The van der Waals surface area contributed by atoms with Crippen LogP contribution in [0.25, 0.3) is 0 Å². The van der Waals surface area contributed by atoms with Crippen molar-refractivity contribution in [2.24, 2.45) is 0 Å². The number of nitrogens with zero attached hydrogens (tertiary/aromatic N) is 2. The van der Waals surface area contributed by atoms with E-state index in [2.05, 4.69) is 15.2 Å². The molecule has 28 heavy (non-hydrogen) atoms. The van der Waals surface area contributed by atoms with Crippen molar-refractivity contribution in [1.82, 2.24) is 10.3 Å². The third kappa shape index (κ3) is 5.07. The van der Waals surface area contributed by atoms with E-state index in [1.165, 1.54) is 6.92 Å². The maximum absolute atomic E-state index is 11.2. The highest BCUT2D eigenvalue weighted by molar-refractivity contribution is 6.33. The standard InChI is InChI=1S/C21H26ClN3O3/c1-4-27-19-11-20(22)21(23-12-19)25-10-9-18(13-25)28-17-7-5-16(6-8-17)14(2)24-15(3)26/h5-8,11-12,14,18H,4,9-10,13H2,1-3H3,(H,24,26)/t14-,18?/m0/s1. The summed E-state index contributed by atoms with van der Waals surface area (Å²) >= 11 is 6.38. The number of halogens is 1. The number of nitrogens with one attached hydrogen (secondary N) is 1. The van der Waals surface area contributed by atoms with Gasteiger partial charge in [-0.25, -0.2) is 4.98 Å². The number of aromatic nitrogens is 1. The van der Waals surface area contributed by atoms with Crippen LogP contribution in [0.3, 0.4) is 0 Å². The minimum atomic E-state index is -0.0413. The molecular formula is C21H26ClN3O3. The normalized spacial score (nSPS) is 17.3. The first-order valence-corrected chi connectivity index (χ1v) is 9.91. The van der Waals surface area contributed by atoms with Gasteiger partial charge in [0.15, 0.2) is 0 Å². The van der Waals surface area contributed by atoms with Gasteiger partial charge >= 0.3 is 0 Å².